The molecular weight excluding hydrogens is 238 g/mol. The molecule has 0 fully saturated rings. The van der Waals surface area contributed by atoms with Gasteiger partial charge in [0.1, 0.15) is 0 Å². The molecule has 2 heteroatoms. The SMILES string of the molecule is CNC(CCCc1ccccc1)CSC(C)(C)C. The first-order valence-electron chi connectivity index (χ1n) is 6.86. The summed E-state index contributed by atoms with van der Waals surface area (Å²) in [6.07, 6.45) is 3.72. The van der Waals surface area contributed by atoms with Crippen molar-refractivity contribution in [2.75, 3.05) is 12.8 Å². The minimum atomic E-state index is 0.370. The fourth-order valence-corrected chi connectivity index (χ4v) is 2.89. The van der Waals surface area contributed by atoms with Gasteiger partial charge in [0, 0.05) is 16.5 Å². The topological polar surface area (TPSA) is 12.0 Å². The molecule has 1 nitrogen and oxygen atoms in total. The summed E-state index contributed by atoms with van der Waals surface area (Å²) in [7, 11) is 2.08. The van der Waals surface area contributed by atoms with E-state index in [9.17, 15) is 0 Å². The third-order valence-electron chi connectivity index (χ3n) is 2.99. The Morgan fingerprint density at radius 1 is 1.17 bits per heavy atom. The van der Waals surface area contributed by atoms with Gasteiger partial charge in [0.25, 0.3) is 0 Å². The van der Waals surface area contributed by atoms with E-state index in [2.05, 4.69) is 75.2 Å². The zero-order chi connectivity index (χ0) is 13.4. The van der Waals surface area contributed by atoms with E-state index >= 15 is 0 Å². The van der Waals surface area contributed by atoms with Gasteiger partial charge in [0.2, 0.25) is 0 Å². The first kappa shape index (κ1) is 15.6. The van der Waals surface area contributed by atoms with Crippen LogP contribution >= 0.6 is 11.8 Å². The molecule has 0 aromatic heterocycles. The van der Waals surface area contributed by atoms with E-state index < -0.39 is 0 Å². The summed E-state index contributed by atoms with van der Waals surface area (Å²) in [4.78, 5) is 0. The van der Waals surface area contributed by atoms with Gasteiger partial charge in [-0.05, 0) is 31.9 Å². The predicted molar refractivity (Wildman–Crippen MR) is 84.4 cm³/mol. The summed E-state index contributed by atoms with van der Waals surface area (Å²) in [5.74, 6) is 1.20. The number of hydrogen-bond donors (Lipinski definition) is 1. The lowest BCUT2D eigenvalue weighted by molar-refractivity contribution is 0.547. The molecule has 0 radical (unpaired) electrons. The van der Waals surface area contributed by atoms with Crippen molar-refractivity contribution >= 4 is 11.8 Å². The number of hydrogen-bond acceptors (Lipinski definition) is 2. The summed E-state index contributed by atoms with van der Waals surface area (Å²) in [5, 5.41) is 3.44. The summed E-state index contributed by atoms with van der Waals surface area (Å²) >= 11 is 2.05. The lowest BCUT2D eigenvalue weighted by Gasteiger charge is -2.22. The second-order valence-electron chi connectivity index (χ2n) is 5.79. The van der Waals surface area contributed by atoms with Crippen LogP contribution in [0.2, 0.25) is 0 Å². The Balaban J connectivity index is 2.23. The number of nitrogens with one attached hydrogen (secondary N) is 1. The fourth-order valence-electron chi connectivity index (χ4n) is 1.86. The number of benzene rings is 1. The second-order valence-corrected chi connectivity index (χ2v) is 7.63. The third kappa shape index (κ3) is 7.07. The van der Waals surface area contributed by atoms with E-state index in [1.807, 2.05) is 0 Å². The van der Waals surface area contributed by atoms with Gasteiger partial charge >= 0.3 is 0 Å². The molecule has 1 aromatic carbocycles. The molecule has 18 heavy (non-hydrogen) atoms. The van der Waals surface area contributed by atoms with E-state index in [0.29, 0.717) is 10.8 Å². The minimum absolute atomic E-state index is 0.370. The van der Waals surface area contributed by atoms with Crippen LogP contribution in [0.5, 0.6) is 0 Å². The molecule has 0 bridgehead atoms. The maximum atomic E-state index is 3.44. The Bertz CT molecular complexity index is 316. The van der Waals surface area contributed by atoms with E-state index in [1.54, 1.807) is 0 Å². The zero-order valence-electron chi connectivity index (χ0n) is 12.2. The van der Waals surface area contributed by atoms with Crippen LogP contribution in [0, 0.1) is 0 Å². The van der Waals surface area contributed by atoms with Gasteiger partial charge in [-0.25, -0.2) is 0 Å². The smallest absolute Gasteiger partial charge is 0.0155 e. The van der Waals surface area contributed by atoms with E-state index in [0.717, 1.165) is 0 Å². The molecule has 0 spiro atoms. The van der Waals surface area contributed by atoms with Crippen molar-refractivity contribution in [1.29, 1.82) is 0 Å². The highest BCUT2D eigenvalue weighted by atomic mass is 32.2. The highest BCUT2D eigenvalue weighted by Gasteiger charge is 2.14. The number of aryl methyl sites for hydroxylation is 1. The molecule has 102 valence electrons. The first-order chi connectivity index (χ1) is 8.51. The number of thioether (sulfide) groups is 1. The van der Waals surface area contributed by atoms with Crippen molar-refractivity contribution in [3.8, 4) is 0 Å². The number of rotatable bonds is 7. The van der Waals surface area contributed by atoms with Crippen LogP contribution in [0.1, 0.15) is 39.2 Å². The minimum Gasteiger partial charge on any atom is -0.316 e. The highest BCUT2D eigenvalue weighted by molar-refractivity contribution is 8.00. The molecule has 0 heterocycles. The van der Waals surface area contributed by atoms with Crippen molar-refractivity contribution in [2.45, 2.75) is 50.8 Å². The summed E-state index contributed by atoms with van der Waals surface area (Å²) in [5.41, 5.74) is 1.45. The van der Waals surface area contributed by atoms with Gasteiger partial charge < -0.3 is 5.32 Å². The van der Waals surface area contributed by atoms with Crippen LogP contribution in [0.15, 0.2) is 30.3 Å². The summed E-state index contributed by atoms with van der Waals surface area (Å²) in [6.45, 7) is 6.86. The van der Waals surface area contributed by atoms with E-state index in [-0.39, 0.29) is 0 Å². The Morgan fingerprint density at radius 3 is 2.39 bits per heavy atom. The van der Waals surface area contributed by atoms with E-state index in [4.69, 9.17) is 0 Å². The van der Waals surface area contributed by atoms with Gasteiger partial charge in [0.05, 0.1) is 0 Å². The lowest BCUT2D eigenvalue weighted by Crippen LogP contribution is -2.29. The molecule has 1 aromatic rings. The third-order valence-corrected chi connectivity index (χ3v) is 4.42. The monoisotopic (exact) mass is 265 g/mol. The molecule has 1 unspecified atom stereocenters. The van der Waals surface area contributed by atoms with Crippen molar-refractivity contribution in [2.24, 2.45) is 0 Å². The molecule has 0 saturated heterocycles. The van der Waals surface area contributed by atoms with Crippen molar-refractivity contribution in [1.82, 2.24) is 5.32 Å². The lowest BCUT2D eigenvalue weighted by atomic mass is 10.1. The molecular formula is C16H27NS. The fraction of sp³-hybridized carbons (Fsp3) is 0.625. The summed E-state index contributed by atoms with van der Waals surface area (Å²) < 4.78 is 0.370. The molecule has 1 N–H and O–H groups in total. The molecule has 1 atom stereocenters. The molecule has 1 rings (SSSR count). The Labute approximate surface area is 117 Å². The second kappa shape index (κ2) is 7.85. The molecule has 0 amide bonds. The van der Waals surface area contributed by atoms with Crippen LogP contribution in [0.3, 0.4) is 0 Å². The van der Waals surface area contributed by atoms with Gasteiger partial charge in [-0.3, -0.25) is 0 Å². The van der Waals surface area contributed by atoms with Crippen LogP contribution in [0.4, 0.5) is 0 Å². The van der Waals surface area contributed by atoms with Gasteiger partial charge in [-0.15, -0.1) is 0 Å². The van der Waals surface area contributed by atoms with Gasteiger partial charge in [-0.2, -0.15) is 11.8 Å². The molecule has 0 saturated carbocycles. The highest BCUT2D eigenvalue weighted by Crippen LogP contribution is 2.24. The summed E-state index contributed by atoms with van der Waals surface area (Å²) in [6, 6.07) is 11.4. The van der Waals surface area contributed by atoms with Crippen molar-refractivity contribution in [3.05, 3.63) is 35.9 Å². The zero-order valence-corrected chi connectivity index (χ0v) is 13.0. The predicted octanol–water partition coefficient (Wildman–Crippen LogP) is 4.13. The average molecular weight is 265 g/mol. The van der Waals surface area contributed by atoms with Crippen LogP contribution < -0.4 is 5.32 Å². The molecule has 0 aliphatic rings. The molecule has 0 aliphatic carbocycles. The quantitative estimate of drug-likeness (QED) is 0.795. The largest absolute Gasteiger partial charge is 0.316 e. The maximum absolute atomic E-state index is 3.44. The van der Waals surface area contributed by atoms with Crippen LogP contribution in [-0.4, -0.2) is 23.6 Å². The standard InChI is InChI=1S/C16H27NS/c1-16(2,3)18-13-15(17-4)12-8-11-14-9-6-5-7-10-14/h5-7,9-10,15,17H,8,11-13H2,1-4H3. The Morgan fingerprint density at radius 2 is 1.83 bits per heavy atom. The van der Waals surface area contributed by atoms with Crippen molar-refractivity contribution < 1.29 is 0 Å². The van der Waals surface area contributed by atoms with Gasteiger partial charge in [-0.1, -0.05) is 51.1 Å². The van der Waals surface area contributed by atoms with Crippen LogP contribution in [-0.2, 0) is 6.42 Å². The normalized spacial score (nSPS) is 13.6. The Hall–Kier alpha value is -0.470. The van der Waals surface area contributed by atoms with E-state index in [1.165, 1.54) is 30.6 Å². The van der Waals surface area contributed by atoms with Crippen molar-refractivity contribution in [3.63, 3.8) is 0 Å². The van der Waals surface area contributed by atoms with Gasteiger partial charge in [0.15, 0.2) is 0 Å². The maximum Gasteiger partial charge on any atom is 0.0155 e. The van der Waals surface area contributed by atoms with Crippen LogP contribution in [0.25, 0.3) is 0 Å². The molecule has 0 aliphatic heterocycles. The Kier molecular flexibility index (Phi) is 6.80. The first-order valence-corrected chi connectivity index (χ1v) is 7.85. The average Bonchev–Trinajstić information content (AvgIpc) is 2.33.